The number of carbonyl (C=O) groups is 1. The molecular formula is C23H20Cl3NO5. The number of benzene rings is 3. The van der Waals surface area contributed by atoms with Gasteiger partial charge in [-0.3, -0.25) is 0 Å². The smallest absolute Gasteiger partial charge is 0.335 e. The van der Waals surface area contributed by atoms with E-state index in [9.17, 15) is 9.90 Å². The Bertz CT molecular complexity index is 1120. The Balaban J connectivity index is 1.80. The summed E-state index contributed by atoms with van der Waals surface area (Å²) in [6.45, 7) is 0.438. The summed E-state index contributed by atoms with van der Waals surface area (Å²) in [4.78, 5) is 11.3. The predicted molar refractivity (Wildman–Crippen MR) is 126 cm³/mol. The molecule has 0 fully saturated rings. The molecule has 0 aliphatic heterocycles. The van der Waals surface area contributed by atoms with Crippen LogP contribution >= 0.6 is 34.8 Å². The monoisotopic (exact) mass is 495 g/mol. The molecule has 3 rings (SSSR count). The number of nitrogens with one attached hydrogen (secondary N) is 1. The highest BCUT2D eigenvalue weighted by atomic mass is 35.5. The van der Waals surface area contributed by atoms with E-state index in [2.05, 4.69) is 5.32 Å². The van der Waals surface area contributed by atoms with Gasteiger partial charge < -0.3 is 24.6 Å². The Morgan fingerprint density at radius 2 is 1.59 bits per heavy atom. The summed E-state index contributed by atoms with van der Waals surface area (Å²) in [5.41, 5.74) is 2.04. The maximum Gasteiger partial charge on any atom is 0.335 e. The van der Waals surface area contributed by atoms with Gasteiger partial charge in [-0.05, 0) is 42.0 Å². The fourth-order valence-electron chi connectivity index (χ4n) is 2.97. The summed E-state index contributed by atoms with van der Waals surface area (Å²) in [6.07, 6.45) is 0. The van der Waals surface area contributed by atoms with E-state index in [0.717, 1.165) is 5.56 Å². The van der Waals surface area contributed by atoms with Crippen molar-refractivity contribution in [2.45, 2.75) is 13.2 Å². The molecule has 0 unspecified atom stereocenters. The van der Waals surface area contributed by atoms with Gasteiger partial charge in [0.15, 0.2) is 11.5 Å². The van der Waals surface area contributed by atoms with Gasteiger partial charge in [0.25, 0.3) is 0 Å². The average Bonchev–Trinajstić information content (AvgIpc) is 2.77. The number of halogens is 3. The maximum absolute atomic E-state index is 11.3. The SMILES string of the molecule is COc1ccc(C(=O)O)cc1NCc1cc(OC)c(OCc2c(Cl)cccc2Cl)cc1Cl. The fraction of sp³-hybridized carbons (Fsp3) is 0.174. The van der Waals surface area contributed by atoms with Crippen molar-refractivity contribution in [1.82, 2.24) is 0 Å². The van der Waals surface area contributed by atoms with Gasteiger partial charge in [0.2, 0.25) is 0 Å². The van der Waals surface area contributed by atoms with Crippen LogP contribution in [0.1, 0.15) is 21.5 Å². The summed E-state index contributed by atoms with van der Waals surface area (Å²) in [5.74, 6) is 0.383. The first-order chi connectivity index (χ1) is 15.3. The molecule has 168 valence electrons. The molecule has 0 bridgehead atoms. The minimum Gasteiger partial charge on any atom is -0.495 e. The van der Waals surface area contributed by atoms with Crippen molar-refractivity contribution in [3.8, 4) is 17.2 Å². The highest BCUT2D eigenvalue weighted by Crippen LogP contribution is 2.36. The van der Waals surface area contributed by atoms with Gasteiger partial charge in [-0.15, -0.1) is 0 Å². The zero-order valence-electron chi connectivity index (χ0n) is 17.2. The molecule has 0 heterocycles. The van der Waals surface area contributed by atoms with Gasteiger partial charge in [0.05, 0.1) is 25.5 Å². The average molecular weight is 497 g/mol. The second-order valence-electron chi connectivity index (χ2n) is 6.66. The van der Waals surface area contributed by atoms with E-state index in [0.29, 0.717) is 50.1 Å². The lowest BCUT2D eigenvalue weighted by Crippen LogP contribution is -2.05. The van der Waals surface area contributed by atoms with E-state index >= 15 is 0 Å². The quantitative estimate of drug-likeness (QED) is 0.350. The first-order valence-electron chi connectivity index (χ1n) is 9.41. The van der Waals surface area contributed by atoms with Crippen molar-refractivity contribution in [2.24, 2.45) is 0 Å². The normalized spacial score (nSPS) is 10.5. The first-order valence-corrected chi connectivity index (χ1v) is 10.5. The van der Waals surface area contributed by atoms with Crippen molar-refractivity contribution in [1.29, 1.82) is 0 Å². The van der Waals surface area contributed by atoms with Gasteiger partial charge in [0, 0.05) is 33.2 Å². The van der Waals surface area contributed by atoms with E-state index in [1.165, 1.54) is 26.4 Å². The number of methoxy groups -OCH3 is 2. The van der Waals surface area contributed by atoms with Crippen LogP contribution < -0.4 is 19.5 Å². The van der Waals surface area contributed by atoms with Crippen LogP contribution in [-0.4, -0.2) is 25.3 Å². The lowest BCUT2D eigenvalue weighted by atomic mass is 10.1. The highest BCUT2D eigenvalue weighted by molar-refractivity contribution is 6.36. The molecule has 0 saturated heterocycles. The molecule has 0 atom stereocenters. The number of hydrogen-bond acceptors (Lipinski definition) is 5. The van der Waals surface area contributed by atoms with Crippen LogP contribution in [0, 0.1) is 0 Å². The molecule has 0 radical (unpaired) electrons. The van der Waals surface area contributed by atoms with Gasteiger partial charge in [-0.1, -0.05) is 40.9 Å². The van der Waals surface area contributed by atoms with Crippen molar-refractivity contribution in [3.63, 3.8) is 0 Å². The van der Waals surface area contributed by atoms with E-state index in [4.69, 9.17) is 49.0 Å². The van der Waals surface area contributed by atoms with Gasteiger partial charge in [-0.2, -0.15) is 0 Å². The van der Waals surface area contributed by atoms with Crippen molar-refractivity contribution in [3.05, 3.63) is 80.3 Å². The predicted octanol–water partition coefficient (Wildman–Crippen LogP) is 6.55. The standard InChI is InChI=1S/C23H20Cl3NO5/c1-30-20-7-6-13(23(28)29)8-19(20)27-11-14-9-21(31-2)22(10-18(14)26)32-12-15-16(24)4-3-5-17(15)25/h3-10,27H,11-12H2,1-2H3,(H,28,29). The van der Waals surface area contributed by atoms with Crippen molar-refractivity contribution in [2.75, 3.05) is 19.5 Å². The highest BCUT2D eigenvalue weighted by Gasteiger charge is 2.14. The number of carboxylic acid groups (broad SMARTS) is 1. The molecule has 2 N–H and O–H groups in total. The number of aromatic carboxylic acids is 1. The molecule has 0 amide bonds. The lowest BCUT2D eigenvalue weighted by Gasteiger charge is -2.16. The third kappa shape index (κ3) is 5.51. The summed E-state index contributed by atoms with van der Waals surface area (Å²) in [7, 11) is 3.03. The van der Waals surface area contributed by atoms with Gasteiger partial charge in [0.1, 0.15) is 12.4 Å². The lowest BCUT2D eigenvalue weighted by molar-refractivity contribution is 0.0697. The molecule has 3 aromatic rings. The molecule has 6 nitrogen and oxygen atoms in total. The number of anilines is 1. The molecule has 9 heteroatoms. The Morgan fingerprint density at radius 3 is 2.22 bits per heavy atom. The molecule has 0 spiro atoms. The van der Waals surface area contributed by atoms with E-state index < -0.39 is 5.97 Å². The second-order valence-corrected chi connectivity index (χ2v) is 7.88. The topological polar surface area (TPSA) is 77.0 Å². The number of ether oxygens (including phenoxy) is 3. The van der Waals surface area contributed by atoms with Crippen LogP contribution in [0.3, 0.4) is 0 Å². The zero-order chi connectivity index (χ0) is 23.3. The largest absolute Gasteiger partial charge is 0.495 e. The van der Waals surface area contributed by atoms with Crippen LogP contribution in [0.5, 0.6) is 17.2 Å². The first kappa shape index (κ1) is 23.9. The number of carboxylic acids is 1. The summed E-state index contributed by atoms with van der Waals surface area (Å²) in [5, 5.41) is 13.8. The zero-order valence-corrected chi connectivity index (χ0v) is 19.5. The minimum atomic E-state index is -1.03. The van der Waals surface area contributed by atoms with Gasteiger partial charge in [-0.25, -0.2) is 4.79 Å². The molecule has 0 aromatic heterocycles. The molecule has 32 heavy (non-hydrogen) atoms. The summed E-state index contributed by atoms with van der Waals surface area (Å²) in [6, 6.07) is 13.2. The number of rotatable bonds is 9. The third-order valence-corrected chi connectivity index (χ3v) is 5.74. The Kier molecular flexibility index (Phi) is 7.96. The van der Waals surface area contributed by atoms with E-state index in [-0.39, 0.29) is 12.2 Å². The van der Waals surface area contributed by atoms with Crippen molar-refractivity contribution >= 4 is 46.5 Å². The Labute approximate surface area is 200 Å². The van der Waals surface area contributed by atoms with Gasteiger partial charge >= 0.3 is 5.97 Å². The second kappa shape index (κ2) is 10.7. The van der Waals surface area contributed by atoms with E-state index in [1.54, 1.807) is 36.4 Å². The van der Waals surface area contributed by atoms with Crippen LogP contribution in [0.15, 0.2) is 48.5 Å². The van der Waals surface area contributed by atoms with Crippen LogP contribution in [0.2, 0.25) is 15.1 Å². The minimum absolute atomic E-state index is 0.138. The Hall–Kier alpha value is -2.80. The molecule has 0 aliphatic carbocycles. The third-order valence-electron chi connectivity index (χ3n) is 4.68. The van der Waals surface area contributed by atoms with Crippen LogP contribution in [0.25, 0.3) is 0 Å². The van der Waals surface area contributed by atoms with Crippen LogP contribution in [0.4, 0.5) is 5.69 Å². The molecule has 3 aromatic carbocycles. The molecule has 0 saturated carbocycles. The Morgan fingerprint density at radius 1 is 0.906 bits per heavy atom. The maximum atomic E-state index is 11.3. The summed E-state index contributed by atoms with van der Waals surface area (Å²) >= 11 is 18.9. The number of hydrogen-bond donors (Lipinski definition) is 2. The fourth-order valence-corrected chi connectivity index (χ4v) is 3.70. The van der Waals surface area contributed by atoms with Crippen molar-refractivity contribution < 1.29 is 24.1 Å². The van der Waals surface area contributed by atoms with Crippen LogP contribution in [-0.2, 0) is 13.2 Å². The van der Waals surface area contributed by atoms with E-state index in [1.807, 2.05) is 0 Å². The summed E-state index contributed by atoms with van der Waals surface area (Å²) < 4.78 is 16.6. The molecular weight excluding hydrogens is 477 g/mol. The molecule has 0 aliphatic rings.